The van der Waals surface area contributed by atoms with Crippen LogP contribution in [0.4, 0.5) is 0 Å². The first kappa shape index (κ1) is 15.3. The lowest BCUT2D eigenvalue weighted by Gasteiger charge is -2.11. The van der Waals surface area contributed by atoms with Crippen LogP contribution in [-0.2, 0) is 14.4 Å². The summed E-state index contributed by atoms with van der Waals surface area (Å²) in [7, 11) is 0. The molecular weight excluding hydrogens is 232 g/mol. The third-order valence-corrected chi connectivity index (χ3v) is 2.01. The van der Waals surface area contributed by atoms with Crippen LogP contribution in [0, 0.1) is 0 Å². The minimum Gasteiger partial charge on any atom is -0.481 e. The van der Waals surface area contributed by atoms with E-state index < -0.39 is 30.0 Å². The number of hydrogen-bond donors (Lipinski definition) is 5. The van der Waals surface area contributed by atoms with Crippen molar-refractivity contribution >= 4 is 17.8 Å². The highest BCUT2D eigenvalue weighted by Gasteiger charge is 2.16. The Bertz CT molecular complexity index is 293. The van der Waals surface area contributed by atoms with E-state index in [2.05, 4.69) is 5.32 Å². The zero-order valence-electron chi connectivity index (χ0n) is 9.13. The van der Waals surface area contributed by atoms with Crippen LogP contribution < -0.4 is 11.1 Å². The third-order valence-electron chi connectivity index (χ3n) is 2.01. The van der Waals surface area contributed by atoms with Gasteiger partial charge in [0.05, 0.1) is 6.04 Å². The van der Waals surface area contributed by atoms with Crippen molar-refractivity contribution in [3.63, 3.8) is 0 Å². The van der Waals surface area contributed by atoms with Crippen LogP contribution in [0.1, 0.15) is 19.3 Å². The fraction of sp³-hybridized carbons (Fsp3) is 0.667. The second-order valence-corrected chi connectivity index (χ2v) is 3.47. The SMILES string of the molecule is NC(CCC(=O)O)C(=O)NCC[C@H](O)C(=O)O. The first-order valence-corrected chi connectivity index (χ1v) is 5.00. The van der Waals surface area contributed by atoms with Crippen molar-refractivity contribution < 1.29 is 29.7 Å². The molecule has 1 unspecified atom stereocenters. The molecule has 0 radical (unpaired) electrons. The van der Waals surface area contributed by atoms with E-state index in [-0.39, 0.29) is 25.8 Å². The third kappa shape index (κ3) is 7.25. The second-order valence-electron chi connectivity index (χ2n) is 3.47. The highest BCUT2D eigenvalue weighted by atomic mass is 16.4. The van der Waals surface area contributed by atoms with Gasteiger partial charge in [0.2, 0.25) is 5.91 Å². The van der Waals surface area contributed by atoms with Crippen molar-refractivity contribution in [3.8, 4) is 0 Å². The van der Waals surface area contributed by atoms with E-state index in [0.29, 0.717) is 0 Å². The molecule has 0 saturated heterocycles. The Kier molecular flexibility index (Phi) is 6.83. The first-order valence-electron chi connectivity index (χ1n) is 5.00. The van der Waals surface area contributed by atoms with Gasteiger partial charge >= 0.3 is 11.9 Å². The maximum absolute atomic E-state index is 11.2. The van der Waals surface area contributed by atoms with Gasteiger partial charge in [0, 0.05) is 19.4 Å². The average molecular weight is 248 g/mol. The molecule has 0 rings (SSSR count). The van der Waals surface area contributed by atoms with E-state index in [9.17, 15) is 14.4 Å². The van der Waals surface area contributed by atoms with Crippen molar-refractivity contribution in [2.45, 2.75) is 31.4 Å². The summed E-state index contributed by atoms with van der Waals surface area (Å²) in [6.45, 7) is -0.0347. The molecule has 0 aromatic rings. The van der Waals surface area contributed by atoms with Gasteiger partial charge in [-0.2, -0.15) is 0 Å². The lowest BCUT2D eigenvalue weighted by molar-refractivity contribution is -0.147. The molecule has 0 aliphatic carbocycles. The number of aliphatic hydroxyl groups excluding tert-OH is 1. The Labute approximate surface area is 97.4 Å². The van der Waals surface area contributed by atoms with E-state index in [1.807, 2.05) is 0 Å². The van der Waals surface area contributed by atoms with Crippen LogP contribution in [0.25, 0.3) is 0 Å². The van der Waals surface area contributed by atoms with E-state index in [0.717, 1.165) is 0 Å². The average Bonchev–Trinajstić information content (AvgIpc) is 2.25. The number of aliphatic hydroxyl groups is 1. The molecular formula is C9H16N2O6. The summed E-state index contributed by atoms with van der Waals surface area (Å²) in [6.07, 6.45) is -1.88. The van der Waals surface area contributed by atoms with Crippen LogP contribution in [0.5, 0.6) is 0 Å². The molecule has 1 amide bonds. The summed E-state index contributed by atoms with van der Waals surface area (Å²) in [6, 6.07) is -0.951. The molecule has 0 saturated carbocycles. The van der Waals surface area contributed by atoms with Crippen LogP contribution in [0.2, 0.25) is 0 Å². The van der Waals surface area contributed by atoms with Gasteiger partial charge in [-0.25, -0.2) is 4.79 Å². The zero-order chi connectivity index (χ0) is 13.4. The second kappa shape index (κ2) is 7.58. The van der Waals surface area contributed by atoms with Gasteiger partial charge < -0.3 is 26.4 Å². The minimum absolute atomic E-state index is 0.00263. The number of aliphatic carboxylic acids is 2. The van der Waals surface area contributed by atoms with E-state index >= 15 is 0 Å². The van der Waals surface area contributed by atoms with E-state index in [4.69, 9.17) is 21.1 Å². The summed E-state index contributed by atoms with van der Waals surface area (Å²) in [4.78, 5) is 31.7. The summed E-state index contributed by atoms with van der Waals surface area (Å²) >= 11 is 0. The highest BCUT2D eigenvalue weighted by Crippen LogP contribution is 1.95. The number of nitrogens with one attached hydrogen (secondary N) is 1. The Hall–Kier alpha value is -1.67. The molecule has 0 heterocycles. The molecule has 0 aliphatic rings. The molecule has 0 bridgehead atoms. The molecule has 0 aromatic heterocycles. The van der Waals surface area contributed by atoms with Gasteiger partial charge in [-0.1, -0.05) is 0 Å². The number of amides is 1. The molecule has 0 aromatic carbocycles. The lowest BCUT2D eigenvalue weighted by Crippen LogP contribution is -2.42. The Morgan fingerprint density at radius 1 is 1.18 bits per heavy atom. The Morgan fingerprint density at radius 3 is 2.24 bits per heavy atom. The minimum atomic E-state index is -1.54. The highest BCUT2D eigenvalue weighted by molar-refractivity contribution is 5.82. The molecule has 17 heavy (non-hydrogen) atoms. The molecule has 8 heteroatoms. The van der Waals surface area contributed by atoms with Gasteiger partial charge in [0.1, 0.15) is 0 Å². The van der Waals surface area contributed by atoms with Gasteiger partial charge in [0.25, 0.3) is 0 Å². The first-order chi connectivity index (χ1) is 7.84. The molecule has 0 aliphatic heterocycles. The fourth-order valence-corrected chi connectivity index (χ4v) is 0.997. The van der Waals surface area contributed by atoms with Crippen LogP contribution >= 0.6 is 0 Å². The summed E-state index contributed by atoms with van der Waals surface area (Å²) in [5, 5.41) is 27.9. The maximum atomic E-state index is 11.2. The molecule has 0 spiro atoms. The monoisotopic (exact) mass is 248 g/mol. The van der Waals surface area contributed by atoms with Crippen LogP contribution in [-0.4, -0.2) is 51.9 Å². The van der Waals surface area contributed by atoms with Gasteiger partial charge in [-0.05, 0) is 6.42 Å². The number of carbonyl (C=O) groups excluding carboxylic acids is 1. The number of carbonyl (C=O) groups is 3. The van der Waals surface area contributed by atoms with E-state index in [1.165, 1.54) is 0 Å². The number of rotatable bonds is 8. The van der Waals surface area contributed by atoms with Crippen LogP contribution in [0.3, 0.4) is 0 Å². The van der Waals surface area contributed by atoms with Crippen molar-refractivity contribution in [2.24, 2.45) is 5.73 Å². The Balaban J connectivity index is 3.78. The molecule has 6 N–H and O–H groups in total. The topological polar surface area (TPSA) is 150 Å². The predicted molar refractivity (Wildman–Crippen MR) is 56.1 cm³/mol. The van der Waals surface area contributed by atoms with Crippen molar-refractivity contribution in [3.05, 3.63) is 0 Å². The summed E-state index contributed by atoms with van der Waals surface area (Å²) in [5.74, 6) is -2.98. The quantitative estimate of drug-likeness (QED) is 0.337. The number of carboxylic acid groups (broad SMARTS) is 2. The number of carboxylic acids is 2. The van der Waals surface area contributed by atoms with Gasteiger partial charge in [-0.15, -0.1) is 0 Å². The molecule has 98 valence electrons. The molecule has 2 atom stereocenters. The predicted octanol–water partition coefficient (Wildman–Crippen LogP) is -1.87. The normalized spacial score (nSPS) is 13.8. The lowest BCUT2D eigenvalue weighted by atomic mass is 10.1. The maximum Gasteiger partial charge on any atom is 0.332 e. The van der Waals surface area contributed by atoms with Gasteiger partial charge in [-0.3, -0.25) is 9.59 Å². The fourth-order valence-electron chi connectivity index (χ4n) is 0.997. The Morgan fingerprint density at radius 2 is 1.76 bits per heavy atom. The van der Waals surface area contributed by atoms with Crippen molar-refractivity contribution in [1.82, 2.24) is 5.32 Å². The molecule has 0 fully saturated rings. The summed E-state index contributed by atoms with van der Waals surface area (Å²) in [5.41, 5.74) is 5.39. The van der Waals surface area contributed by atoms with Gasteiger partial charge in [0.15, 0.2) is 6.10 Å². The zero-order valence-corrected chi connectivity index (χ0v) is 9.13. The number of hydrogen-bond acceptors (Lipinski definition) is 5. The van der Waals surface area contributed by atoms with Crippen molar-refractivity contribution in [1.29, 1.82) is 0 Å². The van der Waals surface area contributed by atoms with Crippen molar-refractivity contribution in [2.75, 3.05) is 6.54 Å². The standard InChI is InChI=1S/C9H16N2O6/c10-5(1-2-7(13)14)8(15)11-4-3-6(12)9(16)17/h5-6,12H,1-4,10H2,(H,11,15)(H,13,14)(H,16,17)/t5?,6-/m0/s1. The largest absolute Gasteiger partial charge is 0.481 e. The smallest absolute Gasteiger partial charge is 0.332 e. The number of nitrogens with two attached hydrogens (primary N) is 1. The molecule has 8 nitrogen and oxygen atoms in total. The summed E-state index contributed by atoms with van der Waals surface area (Å²) < 4.78 is 0. The van der Waals surface area contributed by atoms with E-state index in [1.54, 1.807) is 0 Å². The van der Waals surface area contributed by atoms with Crippen LogP contribution in [0.15, 0.2) is 0 Å².